The maximum Gasteiger partial charge on any atom is 0.319 e. The number of nitrogens with zero attached hydrogens (tertiary/aromatic N) is 2. The molecule has 1 atom stereocenters. The Morgan fingerprint density at radius 2 is 1.69 bits per heavy atom. The fourth-order valence-corrected chi connectivity index (χ4v) is 1.17. The van der Waals surface area contributed by atoms with Gasteiger partial charge < -0.3 is 9.47 Å². The standard InChI is InChI=1S/C10H16N2O4/c1-4-8(5-11)12(6-9(13)15-2)7-10(14)16-3/h8H,4,6-7H2,1-3H3. The Morgan fingerprint density at radius 1 is 1.25 bits per heavy atom. The third-order valence-electron chi connectivity index (χ3n) is 2.10. The van der Waals surface area contributed by atoms with Crippen LogP contribution in [0.1, 0.15) is 13.3 Å². The molecule has 0 aromatic heterocycles. The van der Waals surface area contributed by atoms with Gasteiger partial charge in [-0.05, 0) is 6.42 Å². The van der Waals surface area contributed by atoms with E-state index in [2.05, 4.69) is 9.47 Å². The van der Waals surface area contributed by atoms with Gasteiger partial charge in [-0.15, -0.1) is 0 Å². The van der Waals surface area contributed by atoms with Gasteiger partial charge in [-0.2, -0.15) is 5.26 Å². The lowest BCUT2D eigenvalue weighted by molar-refractivity contribution is -0.146. The van der Waals surface area contributed by atoms with Crippen molar-refractivity contribution in [2.24, 2.45) is 0 Å². The summed E-state index contributed by atoms with van der Waals surface area (Å²) in [4.78, 5) is 23.6. The van der Waals surface area contributed by atoms with Gasteiger partial charge in [0.25, 0.3) is 0 Å². The largest absolute Gasteiger partial charge is 0.468 e. The molecule has 1 unspecified atom stereocenters. The quantitative estimate of drug-likeness (QED) is 0.592. The van der Waals surface area contributed by atoms with Gasteiger partial charge in [0.2, 0.25) is 0 Å². The Labute approximate surface area is 94.7 Å². The number of carbonyl (C=O) groups is 2. The molecule has 0 heterocycles. The minimum absolute atomic E-state index is 0.0995. The maximum absolute atomic E-state index is 11.1. The van der Waals surface area contributed by atoms with Crippen LogP contribution in [0.4, 0.5) is 0 Å². The van der Waals surface area contributed by atoms with Crippen LogP contribution in [0.2, 0.25) is 0 Å². The van der Waals surface area contributed by atoms with E-state index in [9.17, 15) is 9.59 Å². The van der Waals surface area contributed by atoms with E-state index >= 15 is 0 Å². The zero-order chi connectivity index (χ0) is 12.6. The van der Waals surface area contributed by atoms with Crippen LogP contribution in [-0.4, -0.2) is 50.2 Å². The van der Waals surface area contributed by atoms with E-state index in [0.29, 0.717) is 6.42 Å². The Morgan fingerprint density at radius 3 is 1.94 bits per heavy atom. The highest BCUT2D eigenvalue weighted by molar-refractivity contribution is 5.75. The Hall–Kier alpha value is -1.61. The molecule has 0 rings (SSSR count). The second-order valence-electron chi connectivity index (χ2n) is 3.11. The van der Waals surface area contributed by atoms with Crippen molar-refractivity contribution < 1.29 is 19.1 Å². The van der Waals surface area contributed by atoms with E-state index in [1.165, 1.54) is 19.1 Å². The Bertz CT molecular complexity index is 267. The van der Waals surface area contributed by atoms with Gasteiger partial charge in [0.1, 0.15) is 0 Å². The first-order valence-electron chi connectivity index (χ1n) is 4.86. The smallest absolute Gasteiger partial charge is 0.319 e. The number of rotatable bonds is 6. The molecule has 16 heavy (non-hydrogen) atoms. The van der Waals surface area contributed by atoms with Gasteiger partial charge >= 0.3 is 11.9 Å². The van der Waals surface area contributed by atoms with Crippen molar-refractivity contribution in [2.45, 2.75) is 19.4 Å². The van der Waals surface area contributed by atoms with Crippen molar-refractivity contribution in [1.82, 2.24) is 4.90 Å². The van der Waals surface area contributed by atoms with E-state index in [-0.39, 0.29) is 13.1 Å². The number of ether oxygens (including phenoxy) is 2. The molecule has 0 aliphatic carbocycles. The summed E-state index contributed by atoms with van der Waals surface area (Å²) in [6, 6.07) is 1.52. The van der Waals surface area contributed by atoms with Gasteiger partial charge in [-0.25, -0.2) is 0 Å². The molecule has 0 amide bonds. The molecule has 6 heteroatoms. The summed E-state index contributed by atoms with van der Waals surface area (Å²) >= 11 is 0. The predicted octanol–water partition coefficient (Wildman–Crippen LogP) is -0.0634. The highest BCUT2D eigenvalue weighted by atomic mass is 16.5. The summed E-state index contributed by atoms with van der Waals surface area (Å²) in [6.07, 6.45) is 0.518. The highest BCUT2D eigenvalue weighted by Crippen LogP contribution is 2.03. The van der Waals surface area contributed by atoms with Crippen LogP contribution in [0, 0.1) is 11.3 Å². The zero-order valence-corrected chi connectivity index (χ0v) is 9.73. The third-order valence-corrected chi connectivity index (χ3v) is 2.10. The van der Waals surface area contributed by atoms with Crippen LogP contribution in [-0.2, 0) is 19.1 Å². The van der Waals surface area contributed by atoms with Gasteiger partial charge in [-0.1, -0.05) is 6.92 Å². The van der Waals surface area contributed by atoms with Crippen molar-refractivity contribution >= 4 is 11.9 Å². The third kappa shape index (κ3) is 4.75. The molecule has 0 aliphatic rings. The van der Waals surface area contributed by atoms with Crippen molar-refractivity contribution in [3.8, 4) is 6.07 Å². The lowest BCUT2D eigenvalue weighted by Gasteiger charge is -2.23. The molecule has 0 N–H and O–H groups in total. The maximum atomic E-state index is 11.1. The lowest BCUT2D eigenvalue weighted by atomic mass is 10.2. The molecule has 0 aromatic rings. The number of carbonyl (C=O) groups excluding carboxylic acids is 2. The first-order valence-corrected chi connectivity index (χ1v) is 4.86. The van der Waals surface area contributed by atoms with Gasteiger partial charge in [0.15, 0.2) is 0 Å². The van der Waals surface area contributed by atoms with Gasteiger partial charge in [0.05, 0.1) is 39.4 Å². The molecular formula is C10H16N2O4. The van der Waals surface area contributed by atoms with Crippen molar-refractivity contribution in [1.29, 1.82) is 5.26 Å². The monoisotopic (exact) mass is 228 g/mol. The fourth-order valence-electron chi connectivity index (χ4n) is 1.17. The van der Waals surface area contributed by atoms with Crippen LogP contribution < -0.4 is 0 Å². The summed E-state index contributed by atoms with van der Waals surface area (Å²) in [5.41, 5.74) is 0. The van der Waals surface area contributed by atoms with E-state index in [4.69, 9.17) is 5.26 Å². The van der Waals surface area contributed by atoms with E-state index in [0.717, 1.165) is 0 Å². The second kappa shape index (κ2) is 7.65. The topological polar surface area (TPSA) is 79.6 Å². The molecular weight excluding hydrogens is 212 g/mol. The summed E-state index contributed by atoms with van der Waals surface area (Å²) in [7, 11) is 2.51. The number of esters is 2. The molecule has 0 saturated heterocycles. The summed E-state index contributed by atoms with van der Waals surface area (Å²) in [6.45, 7) is 1.60. The van der Waals surface area contributed by atoms with E-state index in [1.54, 1.807) is 6.92 Å². The van der Waals surface area contributed by atoms with E-state index < -0.39 is 18.0 Å². The Balaban J connectivity index is 4.56. The van der Waals surface area contributed by atoms with Crippen LogP contribution in [0.5, 0.6) is 0 Å². The fraction of sp³-hybridized carbons (Fsp3) is 0.700. The van der Waals surface area contributed by atoms with E-state index in [1.807, 2.05) is 6.07 Å². The summed E-state index contributed by atoms with van der Waals surface area (Å²) in [5.74, 6) is -0.977. The number of nitriles is 1. The average Bonchev–Trinajstić information content (AvgIpc) is 2.29. The Kier molecular flexibility index (Phi) is 6.88. The minimum Gasteiger partial charge on any atom is -0.468 e. The first-order chi connectivity index (χ1) is 7.58. The molecule has 0 fully saturated rings. The average molecular weight is 228 g/mol. The van der Waals surface area contributed by atoms with Crippen LogP contribution in [0.25, 0.3) is 0 Å². The molecule has 0 radical (unpaired) electrons. The zero-order valence-electron chi connectivity index (χ0n) is 9.73. The first kappa shape index (κ1) is 14.4. The summed E-state index contributed by atoms with van der Waals surface area (Å²) < 4.78 is 8.99. The van der Waals surface area contributed by atoms with Crippen LogP contribution in [0.15, 0.2) is 0 Å². The SMILES string of the molecule is CCC(C#N)N(CC(=O)OC)CC(=O)OC. The minimum atomic E-state index is -0.502. The second-order valence-corrected chi connectivity index (χ2v) is 3.11. The lowest BCUT2D eigenvalue weighted by Crippen LogP contribution is -2.42. The van der Waals surface area contributed by atoms with Gasteiger partial charge in [0, 0.05) is 0 Å². The number of hydrogen-bond acceptors (Lipinski definition) is 6. The van der Waals surface area contributed by atoms with Gasteiger partial charge in [-0.3, -0.25) is 14.5 Å². The summed E-state index contributed by atoms with van der Waals surface area (Å²) in [5, 5.41) is 8.87. The molecule has 6 nitrogen and oxygen atoms in total. The molecule has 0 spiro atoms. The van der Waals surface area contributed by atoms with Crippen LogP contribution in [0.3, 0.4) is 0 Å². The number of methoxy groups -OCH3 is 2. The molecule has 0 aromatic carbocycles. The molecule has 90 valence electrons. The predicted molar refractivity (Wildman–Crippen MR) is 55.3 cm³/mol. The normalized spacial score (nSPS) is 11.7. The van der Waals surface area contributed by atoms with Crippen molar-refractivity contribution in [2.75, 3.05) is 27.3 Å². The molecule has 0 bridgehead atoms. The molecule has 0 saturated carbocycles. The van der Waals surface area contributed by atoms with Crippen molar-refractivity contribution in [3.63, 3.8) is 0 Å². The number of hydrogen-bond donors (Lipinski definition) is 0. The van der Waals surface area contributed by atoms with Crippen LogP contribution >= 0.6 is 0 Å². The molecule has 0 aliphatic heterocycles. The van der Waals surface area contributed by atoms with Crippen molar-refractivity contribution in [3.05, 3.63) is 0 Å². The highest BCUT2D eigenvalue weighted by Gasteiger charge is 2.22.